The van der Waals surface area contributed by atoms with Gasteiger partial charge in [-0.05, 0) is 18.4 Å². The van der Waals surface area contributed by atoms with Gasteiger partial charge in [0.15, 0.2) is 0 Å². The first-order valence-electron chi connectivity index (χ1n) is 4.54. The van der Waals surface area contributed by atoms with Crippen LogP contribution in [0, 0.1) is 0 Å². The number of thiophene rings is 1. The van der Waals surface area contributed by atoms with Crippen LogP contribution in [0.5, 0.6) is 0 Å². The fourth-order valence-corrected chi connectivity index (χ4v) is 1.71. The zero-order valence-corrected chi connectivity index (χ0v) is 9.47. The minimum Gasteiger partial charge on any atom is -0.469 e. The molecule has 0 aliphatic carbocycles. The molecular weight excluding hydrogens is 214 g/mol. The molecule has 1 aromatic rings. The van der Waals surface area contributed by atoms with Crippen molar-refractivity contribution in [3.63, 3.8) is 0 Å². The summed E-state index contributed by atoms with van der Waals surface area (Å²) in [6.07, 6.45) is 0.188. The average Bonchev–Trinajstić information content (AvgIpc) is 2.70. The topological polar surface area (TPSA) is 55.4 Å². The molecule has 82 valence electrons. The summed E-state index contributed by atoms with van der Waals surface area (Å²) in [6.45, 7) is 1.77. The third-order valence-electron chi connectivity index (χ3n) is 1.82. The zero-order chi connectivity index (χ0) is 11.3. The smallest absolute Gasteiger partial charge is 0.307 e. The van der Waals surface area contributed by atoms with Crippen LogP contribution in [-0.2, 0) is 9.53 Å². The Morgan fingerprint density at radius 1 is 1.60 bits per heavy atom. The molecule has 1 amide bonds. The molecule has 0 aliphatic heterocycles. The second kappa shape index (κ2) is 5.50. The Morgan fingerprint density at radius 3 is 2.87 bits per heavy atom. The fourth-order valence-electron chi connectivity index (χ4n) is 1.09. The lowest BCUT2D eigenvalue weighted by Crippen LogP contribution is -2.33. The summed E-state index contributed by atoms with van der Waals surface area (Å²) in [7, 11) is 1.33. The highest BCUT2D eigenvalue weighted by molar-refractivity contribution is 7.12. The standard InChI is InChI=1S/C10H13NO3S/c1-7(6-9(12)14-2)11-10(13)8-4-3-5-15-8/h3-5,7H,6H2,1-2H3,(H,11,13)/t7-/m1/s1. The summed E-state index contributed by atoms with van der Waals surface area (Å²) in [5, 5.41) is 4.55. The van der Waals surface area contributed by atoms with E-state index < -0.39 is 0 Å². The summed E-state index contributed by atoms with van der Waals surface area (Å²) in [5.74, 6) is -0.476. The van der Waals surface area contributed by atoms with Crippen molar-refractivity contribution in [3.8, 4) is 0 Å². The molecule has 1 rings (SSSR count). The van der Waals surface area contributed by atoms with Gasteiger partial charge in [-0.1, -0.05) is 6.07 Å². The number of ether oxygens (including phenoxy) is 1. The predicted molar refractivity (Wildman–Crippen MR) is 57.9 cm³/mol. The quantitative estimate of drug-likeness (QED) is 0.792. The van der Waals surface area contributed by atoms with Crippen molar-refractivity contribution in [2.45, 2.75) is 19.4 Å². The molecule has 0 aliphatic rings. The first kappa shape index (κ1) is 11.7. The van der Waals surface area contributed by atoms with E-state index in [1.54, 1.807) is 13.0 Å². The van der Waals surface area contributed by atoms with Crippen LogP contribution < -0.4 is 5.32 Å². The normalized spacial score (nSPS) is 11.9. The van der Waals surface area contributed by atoms with Gasteiger partial charge in [-0.15, -0.1) is 11.3 Å². The molecule has 0 saturated heterocycles. The zero-order valence-electron chi connectivity index (χ0n) is 8.65. The maximum absolute atomic E-state index is 11.5. The molecule has 1 N–H and O–H groups in total. The highest BCUT2D eigenvalue weighted by Gasteiger charge is 2.13. The highest BCUT2D eigenvalue weighted by atomic mass is 32.1. The van der Waals surface area contributed by atoms with Crippen molar-refractivity contribution < 1.29 is 14.3 Å². The number of hydrogen-bond donors (Lipinski definition) is 1. The summed E-state index contributed by atoms with van der Waals surface area (Å²) in [6, 6.07) is 3.34. The molecule has 1 atom stereocenters. The molecule has 0 saturated carbocycles. The molecular formula is C10H13NO3S. The maximum atomic E-state index is 11.5. The van der Waals surface area contributed by atoms with Gasteiger partial charge < -0.3 is 10.1 Å². The predicted octanol–water partition coefficient (Wildman–Crippen LogP) is 1.43. The van der Waals surface area contributed by atoms with Gasteiger partial charge in [-0.25, -0.2) is 0 Å². The Bertz CT molecular complexity index is 334. The first-order valence-corrected chi connectivity index (χ1v) is 5.42. The Balaban J connectivity index is 2.42. The molecule has 4 nitrogen and oxygen atoms in total. The molecule has 15 heavy (non-hydrogen) atoms. The van der Waals surface area contributed by atoms with Gasteiger partial charge >= 0.3 is 5.97 Å². The molecule has 0 spiro atoms. The van der Waals surface area contributed by atoms with Crippen molar-refractivity contribution in [1.29, 1.82) is 0 Å². The molecule has 0 unspecified atom stereocenters. The second-order valence-corrected chi connectivity index (χ2v) is 4.08. The van der Waals surface area contributed by atoms with E-state index in [2.05, 4.69) is 10.1 Å². The van der Waals surface area contributed by atoms with Crippen LogP contribution in [0.3, 0.4) is 0 Å². The average molecular weight is 227 g/mol. The van der Waals surface area contributed by atoms with Gasteiger partial charge in [0.1, 0.15) is 0 Å². The summed E-state index contributed by atoms with van der Waals surface area (Å²) < 4.78 is 4.51. The SMILES string of the molecule is COC(=O)C[C@@H](C)NC(=O)c1cccs1. The molecule has 5 heteroatoms. The molecule has 0 radical (unpaired) electrons. The van der Waals surface area contributed by atoms with Crippen molar-refractivity contribution in [2.75, 3.05) is 7.11 Å². The Hall–Kier alpha value is -1.36. The van der Waals surface area contributed by atoms with Crippen molar-refractivity contribution in [3.05, 3.63) is 22.4 Å². The van der Waals surface area contributed by atoms with E-state index in [-0.39, 0.29) is 24.3 Å². The largest absolute Gasteiger partial charge is 0.469 e. The molecule has 1 heterocycles. The highest BCUT2D eigenvalue weighted by Crippen LogP contribution is 2.08. The summed E-state index contributed by atoms with van der Waals surface area (Å²) in [5.41, 5.74) is 0. The second-order valence-electron chi connectivity index (χ2n) is 3.13. The third-order valence-corrected chi connectivity index (χ3v) is 2.69. The Morgan fingerprint density at radius 2 is 2.33 bits per heavy atom. The van der Waals surface area contributed by atoms with Gasteiger partial charge in [-0.3, -0.25) is 9.59 Å². The van der Waals surface area contributed by atoms with Crippen LogP contribution in [0.4, 0.5) is 0 Å². The van der Waals surface area contributed by atoms with Crippen molar-refractivity contribution >= 4 is 23.2 Å². The minimum atomic E-state index is -0.325. The number of carbonyl (C=O) groups excluding carboxylic acids is 2. The number of esters is 1. The van der Waals surface area contributed by atoms with Crippen LogP contribution >= 0.6 is 11.3 Å². The lowest BCUT2D eigenvalue weighted by molar-refractivity contribution is -0.141. The lowest BCUT2D eigenvalue weighted by atomic mass is 10.2. The van der Waals surface area contributed by atoms with E-state index in [9.17, 15) is 9.59 Å². The maximum Gasteiger partial charge on any atom is 0.307 e. The molecule has 0 fully saturated rings. The van der Waals surface area contributed by atoms with Gasteiger partial charge in [0.25, 0.3) is 5.91 Å². The third kappa shape index (κ3) is 3.71. The number of methoxy groups -OCH3 is 1. The van der Waals surface area contributed by atoms with Gasteiger partial charge in [0, 0.05) is 6.04 Å². The summed E-state index contributed by atoms with van der Waals surface area (Å²) >= 11 is 1.37. The molecule has 0 aromatic carbocycles. The number of carbonyl (C=O) groups is 2. The van der Waals surface area contributed by atoms with Crippen molar-refractivity contribution in [2.24, 2.45) is 0 Å². The Kier molecular flexibility index (Phi) is 4.30. The van der Waals surface area contributed by atoms with E-state index in [4.69, 9.17) is 0 Å². The molecule has 0 bridgehead atoms. The van der Waals surface area contributed by atoms with Crippen LogP contribution in [0.2, 0.25) is 0 Å². The van der Waals surface area contributed by atoms with Gasteiger partial charge in [0.05, 0.1) is 18.4 Å². The van der Waals surface area contributed by atoms with Crippen LogP contribution in [0.15, 0.2) is 17.5 Å². The number of hydrogen-bond acceptors (Lipinski definition) is 4. The number of nitrogens with one attached hydrogen (secondary N) is 1. The summed E-state index contributed by atoms with van der Waals surface area (Å²) in [4.78, 5) is 23.1. The van der Waals surface area contributed by atoms with Gasteiger partial charge in [-0.2, -0.15) is 0 Å². The first-order chi connectivity index (χ1) is 7.13. The van der Waals surface area contributed by atoms with Gasteiger partial charge in [0.2, 0.25) is 0 Å². The lowest BCUT2D eigenvalue weighted by Gasteiger charge is -2.11. The van der Waals surface area contributed by atoms with E-state index in [1.807, 2.05) is 11.4 Å². The van der Waals surface area contributed by atoms with Crippen LogP contribution in [0.1, 0.15) is 23.0 Å². The van der Waals surface area contributed by atoms with Crippen LogP contribution in [-0.4, -0.2) is 25.0 Å². The molecule has 1 aromatic heterocycles. The number of amides is 1. The monoisotopic (exact) mass is 227 g/mol. The Labute approximate surface area is 92.2 Å². The van der Waals surface area contributed by atoms with E-state index in [0.29, 0.717) is 4.88 Å². The van der Waals surface area contributed by atoms with E-state index in [1.165, 1.54) is 18.4 Å². The van der Waals surface area contributed by atoms with E-state index in [0.717, 1.165) is 0 Å². The number of rotatable bonds is 4. The van der Waals surface area contributed by atoms with Crippen molar-refractivity contribution in [1.82, 2.24) is 5.32 Å². The fraction of sp³-hybridized carbons (Fsp3) is 0.400. The van der Waals surface area contributed by atoms with Crippen LogP contribution in [0.25, 0.3) is 0 Å². The van der Waals surface area contributed by atoms with E-state index >= 15 is 0 Å². The minimum absolute atomic E-state index is 0.151.